The van der Waals surface area contributed by atoms with Crippen LogP contribution in [0, 0.1) is 0 Å². The molecule has 0 fully saturated rings. The maximum Gasteiger partial charge on any atom is 0.244 e. The highest BCUT2D eigenvalue weighted by Gasteiger charge is 2.35. The maximum atomic E-state index is 12.0. The summed E-state index contributed by atoms with van der Waals surface area (Å²) in [5.41, 5.74) is 0. The molecule has 2 N–H and O–H groups in total. The molecular formula is C11H22N2O2S2. The van der Waals surface area contributed by atoms with Gasteiger partial charge in [0.2, 0.25) is 11.8 Å². The van der Waals surface area contributed by atoms with Gasteiger partial charge >= 0.3 is 0 Å². The summed E-state index contributed by atoms with van der Waals surface area (Å²) in [6.45, 7) is 7.87. The molecule has 0 rings (SSSR count). The molecule has 2 amide bonds. The van der Waals surface area contributed by atoms with Gasteiger partial charge in [-0.15, -0.1) is 11.7 Å². The van der Waals surface area contributed by atoms with Gasteiger partial charge in [-0.25, -0.2) is 0 Å². The predicted molar refractivity (Wildman–Crippen MR) is 76.2 cm³/mol. The van der Waals surface area contributed by atoms with Gasteiger partial charge in [-0.2, -0.15) is 0 Å². The Hall–Kier alpha value is -0.360. The smallest absolute Gasteiger partial charge is 0.244 e. The lowest BCUT2D eigenvalue weighted by atomic mass is 10.0. The summed E-state index contributed by atoms with van der Waals surface area (Å²) in [4.78, 5) is 23.1. The lowest BCUT2D eigenvalue weighted by Crippen LogP contribution is -2.55. The molecule has 0 aromatic rings. The summed E-state index contributed by atoms with van der Waals surface area (Å²) in [7, 11) is 1.26. The molecule has 0 aromatic heterocycles. The van der Waals surface area contributed by atoms with Crippen molar-refractivity contribution in [3.05, 3.63) is 0 Å². The van der Waals surface area contributed by atoms with Gasteiger partial charge in [0, 0.05) is 18.2 Å². The minimum atomic E-state index is -0.570. The molecule has 1 atom stereocenters. The van der Waals surface area contributed by atoms with Gasteiger partial charge in [0.1, 0.15) is 6.04 Å². The molecule has 6 heteroatoms. The number of hydrogen-bond donors (Lipinski definition) is 3. The lowest BCUT2D eigenvalue weighted by molar-refractivity contribution is -0.128. The number of hydrogen-bond acceptors (Lipinski definition) is 4. The van der Waals surface area contributed by atoms with Crippen LogP contribution in [0.3, 0.4) is 0 Å². The van der Waals surface area contributed by atoms with Crippen LogP contribution >= 0.6 is 22.5 Å². The van der Waals surface area contributed by atoms with Gasteiger partial charge in [-0.05, 0) is 20.3 Å². The predicted octanol–water partition coefficient (Wildman–Crippen LogP) is 1.76. The van der Waals surface area contributed by atoms with Crippen LogP contribution in [0.5, 0.6) is 0 Å². The van der Waals surface area contributed by atoms with Gasteiger partial charge in [-0.3, -0.25) is 9.59 Å². The third-order valence-electron chi connectivity index (χ3n) is 2.37. The van der Waals surface area contributed by atoms with Crippen LogP contribution in [-0.4, -0.2) is 29.1 Å². The largest absolute Gasteiger partial charge is 0.354 e. The SMILES string of the molecule is CCCCNC(=O)[C@@H](NC(C)=O)C(C)(C)SS. The maximum absolute atomic E-state index is 12.0. The minimum absolute atomic E-state index is 0.153. The second-order valence-electron chi connectivity index (χ2n) is 4.47. The van der Waals surface area contributed by atoms with E-state index in [2.05, 4.69) is 29.2 Å². The summed E-state index contributed by atoms with van der Waals surface area (Å²) in [6.07, 6.45) is 1.96. The van der Waals surface area contributed by atoms with Crippen molar-refractivity contribution < 1.29 is 9.59 Å². The molecule has 0 aromatic carbocycles. The molecule has 0 saturated heterocycles. The second-order valence-corrected chi connectivity index (χ2v) is 6.26. The molecule has 0 spiro atoms. The molecule has 4 nitrogen and oxygen atoms in total. The van der Waals surface area contributed by atoms with Crippen molar-refractivity contribution in [2.24, 2.45) is 0 Å². The van der Waals surface area contributed by atoms with Crippen molar-refractivity contribution in [2.45, 2.75) is 51.3 Å². The number of nitrogens with one attached hydrogen (secondary N) is 2. The number of amides is 2. The Morgan fingerprint density at radius 2 is 2.00 bits per heavy atom. The van der Waals surface area contributed by atoms with Crippen molar-refractivity contribution in [2.75, 3.05) is 6.54 Å². The van der Waals surface area contributed by atoms with E-state index in [1.807, 2.05) is 13.8 Å². The van der Waals surface area contributed by atoms with Crippen molar-refractivity contribution in [3.8, 4) is 0 Å². The van der Waals surface area contributed by atoms with E-state index in [0.717, 1.165) is 12.8 Å². The zero-order valence-corrected chi connectivity index (χ0v) is 12.6. The Kier molecular flexibility index (Phi) is 7.70. The summed E-state index contributed by atoms with van der Waals surface area (Å²) in [5, 5.41) is 5.51. The van der Waals surface area contributed by atoms with Crippen LogP contribution in [-0.2, 0) is 9.59 Å². The standard InChI is InChI=1S/C11H22N2O2S2/c1-5-6-7-12-10(15)9(13-8(2)14)11(3,4)17-16/h9,16H,5-7H2,1-4H3,(H,12,15)(H,13,14)/t9-/m1/s1. The zero-order valence-electron chi connectivity index (χ0n) is 10.9. The molecule has 0 saturated carbocycles. The second kappa shape index (κ2) is 7.87. The van der Waals surface area contributed by atoms with E-state index in [-0.39, 0.29) is 11.8 Å². The third-order valence-corrected chi connectivity index (χ3v) is 4.49. The van der Waals surface area contributed by atoms with E-state index in [0.29, 0.717) is 6.54 Å². The van der Waals surface area contributed by atoms with E-state index in [1.54, 1.807) is 0 Å². The van der Waals surface area contributed by atoms with Crippen molar-refractivity contribution in [1.82, 2.24) is 10.6 Å². The van der Waals surface area contributed by atoms with Gasteiger partial charge < -0.3 is 10.6 Å². The lowest BCUT2D eigenvalue weighted by Gasteiger charge is -2.31. The van der Waals surface area contributed by atoms with E-state index < -0.39 is 10.8 Å². The van der Waals surface area contributed by atoms with E-state index >= 15 is 0 Å². The first-order valence-electron chi connectivity index (χ1n) is 5.72. The Morgan fingerprint density at radius 1 is 1.41 bits per heavy atom. The van der Waals surface area contributed by atoms with Crippen LogP contribution in [0.15, 0.2) is 0 Å². The number of thiol groups is 1. The number of carbonyl (C=O) groups excluding carboxylic acids is 2. The van der Waals surface area contributed by atoms with E-state index in [1.165, 1.54) is 17.7 Å². The third kappa shape index (κ3) is 6.21. The van der Waals surface area contributed by atoms with Crippen LogP contribution in [0.25, 0.3) is 0 Å². The normalized spacial score (nSPS) is 13.0. The quantitative estimate of drug-likeness (QED) is 0.378. The first kappa shape index (κ1) is 16.6. The number of carbonyl (C=O) groups is 2. The first-order chi connectivity index (χ1) is 7.85. The van der Waals surface area contributed by atoms with Crippen molar-refractivity contribution in [1.29, 1.82) is 0 Å². The Morgan fingerprint density at radius 3 is 2.41 bits per heavy atom. The molecule has 0 bridgehead atoms. The van der Waals surface area contributed by atoms with Crippen LogP contribution in [0.4, 0.5) is 0 Å². The number of rotatable bonds is 7. The van der Waals surface area contributed by atoms with Crippen molar-refractivity contribution in [3.63, 3.8) is 0 Å². The van der Waals surface area contributed by atoms with Gasteiger partial charge in [0.25, 0.3) is 0 Å². The van der Waals surface area contributed by atoms with Crippen LogP contribution < -0.4 is 10.6 Å². The highest BCUT2D eigenvalue weighted by molar-refractivity contribution is 8.69. The summed E-state index contributed by atoms with van der Waals surface area (Å²) < 4.78 is -0.453. The zero-order chi connectivity index (χ0) is 13.5. The summed E-state index contributed by atoms with van der Waals surface area (Å²) in [6, 6.07) is -0.570. The topological polar surface area (TPSA) is 58.2 Å². The average Bonchev–Trinajstić information content (AvgIpc) is 2.25. The minimum Gasteiger partial charge on any atom is -0.354 e. The summed E-state index contributed by atoms with van der Waals surface area (Å²) >= 11 is 4.15. The Bertz CT molecular complexity index is 270. The molecule has 100 valence electrons. The molecule has 0 heterocycles. The fourth-order valence-corrected chi connectivity index (χ4v) is 1.89. The van der Waals surface area contributed by atoms with Crippen LogP contribution in [0.1, 0.15) is 40.5 Å². The fourth-order valence-electron chi connectivity index (χ4n) is 1.30. The monoisotopic (exact) mass is 278 g/mol. The van der Waals surface area contributed by atoms with E-state index in [9.17, 15) is 9.59 Å². The molecule has 0 aliphatic rings. The average molecular weight is 278 g/mol. The molecule has 0 aliphatic heterocycles. The number of unbranched alkanes of at least 4 members (excludes halogenated alkanes) is 1. The Balaban J connectivity index is 4.57. The highest BCUT2D eigenvalue weighted by atomic mass is 33.1. The molecule has 0 radical (unpaired) electrons. The molecule has 17 heavy (non-hydrogen) atoms. The van der Waals surface area contributed by atoms with Gasteiger partial charge in [0.15, 0.2) is 0 Å². The molecule has 0 aliphatic carbocycles. The first-order valence-corrected chi connectivity index (χ1v) is 7.59. The Labute approximate surface area is 112 Å². The van der Waals surface area contributed by atoms with Crippen molar-refractivity contribution >= 4 is 34.3 Å². The summed E-state index contributed by atoms with van der Waals surface area (Å²) in [5.74, 6) is -0.365. The molecule has 0 unspecified atom stereocenters. The molecular weight excluding hydrogens is 256 g/mol. The fraction of sp³-hybridized carbons (Fsp3) is 0.818. The van der Waals surface area contributed by atoms with Gasteiger partial charge in [0.05, 0.1) is 0 Å². The highest BCUT2D eigenvalue weighted by Crippen LogP contribution is 2.31. The van der Waals surface area contributed by atoms with Gasteiger partial charge in [-0.1, -0.05) is 24.1 Å². The van der Waals surface area contributed by atoms with E-state index in [4.69, 9.17) is 0 Å². The van der Waals surface area contributed by atoms with Crippen LogP contribution in [0.2, 0.25) is 0 Å².